The van der Waals surface area contributed by atoms with Crippen molar-refractivity contribution in [2.24, 2.45) is 0 Å². The van der Waals surface area contributed by atoms with Crippen molar-refractivity contribution >= 4 is 11.5 Å². The zero-order valence-corrected chi connectivity index (χ0v) is 9.19. The lowest BCUT2D eigenvalue weighted by Gasteiger charge is -2.10. The number of nitriles is 1. The van der Waals surface area contributed by atoms with E-state index in [1.165, 1.54) is 0 Å². The number of ether oxygens (including phenoxy) is 1. The van der Waals surface area contributed by atoms with Gasteiger partial charge in [0.2, 0.25) is 0 Å². The monoisotopic (exact) mass is 215 g/mol. The average Bonchev–Trinajstić information content (AvgIpc) is 2.30. The Kier molecular flexibility index (Phi) is 4.28. The summed E-state index contributed by atoms with van der Waals surface area (Å²) in [6.07, 6.45) is -0.129. The van der Waals surface area contributed by atoms with Crippen molar-refractivity contribution in [2.75, 3.05) is 6.61 Å². The second-order valence-corrected chi connectivity index (χ2v) is 3.16. The predicted octanol–water partition coefficient (Wildman–Crippen LogP) is 2.79. The molecule has 3 nitrogen and oxygen atoms in total. The van der Waals surface area contributed by atoms with Crippen LogP contribution < -0.4 is 0 Å². The number of carbonyl (C=O) groups excluding carboxylic acids is 1. The minimum atomic E-state index is -0.209. The average molecular weight is 215 g/mol. The molecule has 0 saturated carbocycles. The van der Waals surface area contributed by atoms with E-state index in [1.807, 2.05) is 19.1 Å². The number of hydrogen-bond acceptors (Lipinski definition) is 3. The fraction of sp³-hybridized carbons (Fsp3) is 0.231. The van der Waals surface area contributed by atoms with Gasteiger partial charge in [-0.25, -0.2) is 0 Å². The summed E-state index contributed by atoms with van der Waals surface area (Å²) in [7, 11) is 0. The molecule has 3 heteroatoms. The Hall–Kier alpha value is -2.08. The van der Waals surface area contributed by atoms with E-state index in [0.717, 1.165) is 0 Å². The van der Waals surface area contributed by atoms with Gasteiger partial charge in [0.05, 0.1) is 19.1 Å². The molecule has 0 aliphatic rings. The number of nitrogens with zero attached hydrogens (tertiary/aromatic N) is 1. The van der Waals surface area contributed by atoms with E-state index in [2.05, 4.69) is 6.58 Å². The molecule has 0 aliphatic carbocycles. The van der Waals surface area contributed by atoms with Crippen LogP contribution in [0.3, 0.4) is 0 Å². The quantitative estimate of drug-likeness (QED) is 0.560. The molecule has 1 aromatic carbocycles. The van der Waals surface area contributed by atoms with Crippen molar-refractivity contribution in [1.82, 2.24) is 0 Å². The van der Waals surface area contributed by atoms with E-state index in [1.54, 1.807) is 18.2 Å². The number of carbonyl (C=O) groups is 1. The fourth-order valence-electron chi connectivity index (χ4n) is 1.39. The molecule has 0 fully saturated rings. The molecule has 1 aromatic rings. The third-order valence-corrected chi connectivity index (χ3v) is 2.09. The predicted molar refractivity (Wildman–Crippen MR) is 61.7 cm³/mol. The Bertz CT molecular complexity index is 443. The van der Waals surface area contributed by atoms with Gasteiger partial charge in [0, 0.05) is 11.1 Å². The molecule has 1 rings (SSSR count). The minimum absolute atomic E-state index is 0.129. The largest absolute Gasteiger partial charge is 0.494 e. The van der Waals surface area contributed by atoms with Crippen LogP contribution in [-0.4, -0.2) is 12.4 Å². The van der Waals surface area contributed by atoms with Crippen molar-refractivity contribution in [3.8, 4) is 6.07 Å². The highest BCUT2D eigenvalue weighted by Crippen LogP contribution is 2.19. The van der Waals surface area contributed by atoms with Gasteiger partial charge >= 0.3 is 0 Å². The molecule has 0 spiro atoms. The van der Waals surface area contributed by atoms with Crippen LogP contribution in [0.15, 0.2) is 30.8 Å². The van der Waals surface area contributed by atoms with Crippen molar-refractivity contribution in [3.63, 3.8) is 0 Å². The van der Waals surface area contributed by atoms with Gasteiger partial charge < -0.3 is 4.74 Å². The Balaban J connectivity index is 3.06. The lowest BCUT2D eigenvalue weighted by atomic mass is 10.0. The zero-order valence-electron chi connectivity index (χ0n) is 9.19. The summed E-state index contributed by atoms with van der Waals surface area (Å²) in [5.41, 5.74) is 1.15. The van der Waals surface area contributed by atoms with Crippen LogP contribution in [0.1, 0.15) is 29.3 Å². The molecule has 0 N–H and O–H groups in total. The lowest BCUT2D eigenvalue weighted by molar-refractivity contribution is 0.0997. The topological polar surface area (TPSA) is 50.1 Å². The van der Waals surface area contributed by atoms with E-state index in [4.69, 9.17) is 10.00 Å². The van der Waals surface area contributed by atoms with Crippen molar-refractivity contribution in [1.29, 1.82) is 5.26 Å². The van der Waals surface area contributed by atoms with Crippen LogP contribution in [0.25, 0.3) is 5.76 Å². The van der Waals surface area contributed by atoms with Gasteiger partial charge in [-0.15, -0.1) is 0 Å². The summed E-state index contributed by atoms with van der Waals surface area (Å²) in [6.45, 7) is 6.11. The van der Waals surface area contributed by atoms with Crippen LogP contribution in [0.2, 0.25) is 0 Å². The highest BCUT2D eigenvalue weighted by atomic mass is 16.5. The molecular formula is C13H13NO2. The first kappa shape index (κ1) is 12.0. The Labute approximate surface area is 95.0 Å². The van der Waals surface area contributed by atoms with Crippen LogP contribution in [-0.2, 0) is 4.74 Å². The van der Waals surface area contributed by atoms with Crippen molar-refractivity contribution < 1.29 is 9.53 Å². The SMILES string of the molecule is C=C(OCC)c1ccccc1C(=O)CC#N. The van der Waals surface area contributed by atoms with Gasteiger partial charge in [-0.2, -0.15) is 5.26 Å². The zero-order chi connectivity index (χ0) is 12.0. The van der Waals surface area contributed by atoms with E-state index >= 15 is 0 Å². The second-order valence-electron chi connectivity index (χ2n) is 3.16. The highest BCUT2D eigenvalue weighted by Gasteiger charge is 2.12. The molecule has 0 heterocycles. The van der Waals surface area contributed by atoms with Gasteiger partial charge in [0.1, 0.15) is 5.76 Å². The maximum absolute atomic E-state index is 11.7. The van der Waals surface area contributed by atoms with Gasteiger partial charge in [-0.05, 0) is 6.92 Å². The highest BCUT2D eigenvalue weighted by molar-refractivity contribution is 6.01. The molecule has 0 amide bonds. The number of rotatable bonds is 5. The molecule has 82 valence electrons. The number of Topliss-reactive ketones (excluding diaryl/α,β-unsaturated/α-hetero) is 1. The first-order chi connectivity index (χ1) is 7.70. The number of benzene rings is 1. The van der Waals surface area contributed by atoms with Crippen LogP contribution in [0.4, 0.5) is 0 Å². The summed E-state index contributed by atoms with van der Waals surface area (Å²) in [6, 6.07) is 8.86. The molecule has 0 bridgehead atoms. The van der Waals surface area contributed by atoms with Gasteiger partial charge in [-0.3, -0.25) is 4.79 Å². The summed E-state index contributed by atoms with van der Waals surface area (Å²) >= 11 is 0. The number of hydrogen-bond donors (Lipinski definition) is 0. The third kappa shape index (κ3) is 2.71. The number of ketones is 1. The maximum Gasteiger partial charge on any atom is 0.177 e. The first-order valence-corrected chi connectivity index (χ1v) is 5.02. The minimum Gasteiger partial charge on any atom is -0.494 e. The molecule has 0 aliphatic heterocycles. The van der Waals surface area contributed by atoms with Crippen LogP contribution in [0.5, 0.6) is 0 Å². The molecule has 0 atom stereocenters. The van der Waals surface area contributed by atoms with Crippen LogP contribution in [0, 0.1) is 11.3 Å². The summed E-state index contributed by atoms with van der Waals surface area (Å²) in [5.74, 6) is 0.253. The Morgan fingerprint density at radius 3 is 2.62 bits per heavy atom. The molecule has 0 aromatic heterocycles. The molecular weight excluding hydrogens is 202 g/mol. The molecule has 0 saturated heterocycles. The smallest absolute Gasteiger partial charge is 0.177 e. The normalized spacial score (nSPS) is 9.25. The van der Waals surface area contributed by atoms with E-state index in [-0.39, 0.29) is 12.2 Å². The van der Waals surface area contributed by atoms with E-state index < -0.39 is 0 Å². The van der Waals surface area contributed by atoms with Crippen molar-refractivity contribution in [2.45, 2.75) is 13.3 Å². The summed E-state index contributed by atoms with van der Waals surface area (Å²) in [5, 5.41) is 8.51. The molecule has 0 radical (unpaired) electrons. The summed E-state index contributed by atoms with van der Waals surface area (Å²) < 4.78 is 5.27. The van der Waals surface area contributed by atoms with Gasteiger partial charge in [0.25, 0.3) is 0 Å². The van der Waals surface area contributed by atoms with E-state index in [9.17, 15) is 4.79 Å². The van der Waals surface area contributed by atoms with Crippen LogP contribution >= 0.6 is 0 Å². The van der Waals surface area contributed by atoms with Gasteiger partial charge in [-0.1, -0.05) is 30.8 Å². The van der Waals surface area contributed by atoms with Crippen molar-refractivity contribution in [3.05, 3.63) is 42.0 Å². The lowest BCUT2D eigenvalue weighted by Crippen LogP contribution is -2.03. The summed E-state index contributed by atoms with van der Waals surface area (Å²) in [4.78, 5) is 11.7. The second kappa shape index (κ2) is 5.72. The molecule has 16 heavy (non-hydrogen) atoms. The molecule has 0 unspecified atom stereocenters. The van der Waals surface area contributed by atoms with Gasteiger partial charge in [0.15, 0.2) is 5.78 Å². The standard InChI is InChI=1S/C13H13NO2/c1-3-16-10(2)11-6-4-5-7-12(11)13(15)8-9-14/h4-7H,2-3,8H2,1H3. The Morgan fingerprint density at radius 1 is 1.44 bits per heavy atom. The third-order valence-electron chi connectivity index (χ3n) is 2.09. The Morgan fingerprint density at radius 2 is 2.06 bits per heavy atom. The fourth-order valence-corrected chi connectivity index (χ4v) is 1.39. The maximum atomic E-state index is 11.7. The first-order valence-electron chi connectivity index (χ1n) is 5.02. The van der Waals surface area contributed by atoms with E-state index in [0.29, 0.717) is 23.5 Å².